The van der Waals surface area contributed by atoms with Gasteiger partial charge in [0, 0.05) is 16.7 Å². The van der Waals surface area contributed by atoms with Crippen molar-refractivity contribution in [1.29, 1.82) is 0 Å². The SMILES string of the molecule is CCCNC(C)c1ccccc1SCc1ccccc1. The molecule has 1 unspecified atom stereocenters. The summed E-state index contributed by atoms with van der Waals surface area (Å²) in [6.45, 7) is 5.52. The molecule has 0 fully saturated rings. The van der Waals surface area contributed by atoms with Gasteiger partial charge in [-0.3, -0.25) is 0 Å². The Hall–Kier alpha value is -1.25. The topological polar surface area (TPSA) is 12.0 Å². The van der Waals surface area contributed by atoms with Gasteiger partial charge in [0.25, 0.3) is 0 Å². The van der Waals surface area contributed by atoms with Crippen LogP contribution in [0.2, 0.25) is 0 Å². The lowest BCUT2D eigenvalue weighted by atomic mass is 10.1. The summed E-state index contributed by atoms with van der Waals surface area (Å²) in [6, 6.07) is 19.8. The highest BCUT2D eigenvalue weighted by Gasteiger charge is 2.09. The molecule has 0 saturated heterocycles. The van der Waals surface area contributed by atoms with Crippen molar-refractivity contribution in [3.63, 3.8) is 0 Å². The molecule has 0 saturated carbocycles. The molecule has 1 N–H and O–H groups in total. The van der Waals surface area contributed by atoms with Crippen molar-refractivity contribution in [2.45, 2.75) is 37.0 Å². The lowest BCUT2D eigenvalue weighted by Crippen LogP contribution is -2.19. The average Bonchev–Trinajstić information content (AvgIpc) is 2.52. The number of nitrogens with one attached hydrogen (secondary N) is 1. The fourth-order valence-electron chi connectivity index (χ4n) is 2.18. The molecule has 0 aliphatic carbocycles. The highest BCUT2D eigenvalue weighted by molar-refractivity contribution is 7.98. The number of hydrogen-bond donors (Lipinski definition) is 1. The smallest absolute Gasteiger partial charge is 0.0302 e. The van der Waals surface area contributed by atoms with Gasteiger partial charge in [0.05, 0.1) is 0 Å². The van der Waals surface area contributed by atoms with Crippen LogP contribution in [-0.4, -0.2) is 6.54 Å². The van der Waals surface area contributed by atoms with Crippen LogP contribution in [0.15, 0.2) is 59.5 Å². The van der Waals surface area contributed by atoms with Crippen molar-refractivity contribution in [3.05, 3.63) is 65.7 Å². The van der Waals surface area contributed by atoms with Crippen LogP contribution in [0.3, 0.4) is 0 Å². The highest BCUT2D eigenvalue weighted by Crippen LogP contribution is 2.29. The van der Waals surface area contributed by atoms with Crippen molar-refractivity contribution < 1.29 is 0 Å². The molecule has 2 heteroatoms. The summed E-state index contributed by atoms with van der Waals surface area (Å²) in [7, 11) is 0. The van der Waals surface area contributed by atoms with E-state index in [1.807, 2.05) is 11.8 Å². The van der Waals surface area contributed by atoms with E-state index < -0.39 is 0 Å². The van der Waals surface area contributed by atoms with Crippen molar-refractivity contribution >= 4 is 11.8 Å². The lowest BCUT2D eigenvalue weighted by molar-refractivity contribution is 0.564. The first-order valence-electron chi connectivity index (χ1n) is 7.30. The van der Waals surface area contributed by atoms with E-state index in [-0.39, 0.29) is 0 Å². The molecule has 1 atom stereocenters. The van der Waals surface area contributed by atoms with E-state index in [4.69, 9.17) is 0 Å². The molecule has 0 aliphatic rings. The standard InChI is InChI=1S/C18H23NS/c1-3-13-19-15(2)17-11-7-8-12-18(17)20-14-16-9-5-4-6-10-16/h4-12,15,19H,3,13-14H2,1-2H3. The highest BCUT2D eigenvalue weighted by atomic mass is 32.2. The Morgan fingerprint density at radius 1 is 1.00 bits per heavy atom. The van der Waals surface area contributed by atoms with Crippen LogP contribution in [0.25, 0.3) is 0 Å². The summed E-state index contributed by atoms with van der Waals surface area (Å²) in [6.07, 6.45) is 1.17. The monoisotopic (exact) mass is 285 g/mol. The molecule has 2 aromatic carbocycles. The van der Waals surface area contributed by atoms with Crippen LogP contribution in [0.1, 0.15) is 37.4 Å². The van der Waals surface area contributed by atoms with Gasteiger partial charge in [-0.2, -0.15) is 0 Å². The van der Waals surface area contributed by atoms with Crippen LogP contribution in [0.4, 0.5) is 0 Å². The number of rotatable bonds is 7. The molecule has 0 heterocycles. The summed E-state index contributed by atoms with van der Waals surface area (Å²) in [4.78, 5) is 1.38. The molecule has 0 bridgehead atoms. The second kappa shape index (κ2) is 8.13. The van der Waals surface area contributed by atoms with Crippen molar-refractivity contribution in [3.8, 4) is 0 Å². The van der Waals surface area contributed by atoms with E-state index in [1.165, 1.54) is 22.4 Å². The minimum absolute atomic E-state index is 0.412. The minimum atomic E-state index is 0.412. The van der Waals surface area contributed by atoms with Crippen LogP contribution in [0.5, 0.6) is 0 Å². The molecule has 0 amide bonds. The summed E-state index contributed by atoms with van der Waals surface area (Å²) in [5, 5.41) is 3.57. The van der Waals surface area contributed by atoms with E-state index in [9.17, 15) is 0 Å². The van der Waals surface area contributed by atoms with Gasteiger partial charge in [-0.15, -0.1) is 11.8 Å². The average molecular weight is 285 g/mol. The zero-order valence-corrected chi connectivity index (χ0v) is 13.1. The third kappa shape index (κ3) is 4.39. The van der Waals surface area contributed by atoms with E-state index in [0.29, 0.717) is 6.04 Å². The quantitative estimate of drug-likeness (QED) is 0.715. The zero-order chi connectivity index (χ0) is 14.2. The molecule has 2 aromatic rings. The van der Waals surface area contributed by atoms with E-state index in [0.717, 1.165) is 12.3 Å². The first-order valence-corrected chi connectivity index (χ1v) is 8.29. The normalized spacial score (nSPS) is 12.3. The first-order chi connectivity index (χ1) is 9.81. The maximum absolute atomic E-state index is 3.57. The van der Waals surface area contributed by atoms with Gasteiger partial charge < -0.3 is 5.32 Å². The van der Waals surface area contributed by atoms with Gasteiger partial charge in [-0.25, -0.2) is 0 Å². The zero-order valence-electron chi connectivity index (χ0n) is 12.3. The maximum Gasteiger partial charge on any atom is 0.0302 e. The van der Waals surface area contributed by atoms with E-state index >= 15 is 0 Å². The molecule has 20 heavy (non-hydrogen) atoms. The van der Waals surface area contributed by atoms with Gasteiger partial charge in [-0.1, -0.05) is 55.5 Å². The number of benzene rings is 2. The third-order valence-electron chi connectivity index (χ3n) is 3.32. The molecule has 106 valence electrons. The maximum atomic E-state index is 3.57. The second-order valence-corrected chi connectivity index (χ2v) is 6.01. The Morgan fingerprint density at radius 2 is 1.70 bits per heavy atom. The predicted octanol–water partition coefficient (Wildman–Crippen LogP) is 5.04. The molecular formula is C18H23NS. The Kier molecular flexibility index (Phi) is 6.16. The van der Waals surface area contributed by atoms with E-state index in [1.54, 1.807) is 0 Å². The van der Waals surface area contributed by atoms with E-state index in [2.05, 4.69) is 73.8 Å². The molecule has 0 aromatic heterocycles. The van der Waals surface area contributed by atoms with Crippen LogP contribution < -0.4 is 5.32 Å². The Morgan fingerprint density at radius 3 is 2.45 bits per heavy atom. The molecule has 2 rings (SSSR count). The van der Waals surface area contributed by atoms with Crippen LogP contribution in [0, 0.1) is 0 Å². The lowest BCUT2D eigenvalue weighted by Gasteiger charge is -2.17. The van der Waals surface area contributed by atoms with Crippen molar-refractivity contribution in [2.75, 3.05) is 6.54 Å². The van der Waals surface area contributed by atoms with Gasteiger partial charge in [-0.05, 0) is 37.1 Å². The summed E-state index contributed by atoms with van der Waals surface area (Å²) in [5.74, 6) is 1.03. The van der Waals surface area contributed by atoms with Crippen molar-refractivity contribution in [2.24, 2.45) is 0 Å². The van der Waals surface area contributed by atoms with Crippen molar-refractivity contribution in [1.82, 2.24) is 5.32 Å². The van der Waals surface area contributed by atoms with Gasteiger partial charge in [0.1, 0.15) is 0 Å². The summed E-state index contributed by atoms with van der Waals surface area (Å²) in [5.41, 5.74) is 2.78. The summed E-state index contributed by atoms with van der Waals surface area (Å²) < 4.78 is 0. The van der Waals surface area contributed by atoms with Gasteiger partial charge >= 0.3 is 0 Å². The van der Waals surface area contributed by atoms with Crippen LogP contribution in [-0.2, 0) is 5.75 Å². The minimum Gasteiger partial charge on any atom is -0.310 e. The van der Waals surface area contributed by atoms with Gasteiger partial charge in [0.2, 0.25) is 0 Å². The summed E-state index contributed by atoms with van der Waals surface area (Å²) >= 11 is 1.92. The Labute approximate surface area is 126 Å². The Balaban J connectivity index is 2.04. The molecule has 1 nitrogen and oxygen atoms in total. The predicted molar refractivity (Wildman–Crippen MR) is 89.2 cm³/mol. The fourth-order valence-corrected chi connectivity index (χ4v) is 3.28. The molecular weight excluding hydrogens is 262 g/mol. The molecule has 0 spiro atoms. The van der Waals surface area contributed by atoms with Crippen LogP contribution >= 0.6 is 11.8 Å². The number of hydrogen-bond acceptors (Lipinski definition) is 2. The second-order valence-electron chi connectivity index (χ2n) is 4.99. The Bertz CT molecular complexity index is 510. The molecule has 0 radical (unpaired) electrons. The van der Waals surface area contributed by atoms with Gasteiger partial charge in [0.15, 0.2) is 0 Å². The first kappa shape index (κ1) is 15.1. The molecule has 0 aliphatic heterocycles. The largest absolute Gasteiger partial charge is 0.310 e. The number of thioether (sulfide) groups is 1. The third-order valence-corrected chi connectivity index (χ3v) is 4.48. The fraction of sp³-hybridized carbons (Fsp3) is 0.333.